The zero-order valence-corrected chi connectivity index (χ0v) is 14.5. The van der Waals surface area contributed by atoms with E-state index < -0.39 is 6.04 Å². The van der Waals surface area contributed by atoms with E-state index in [1.807, 2.05) is 0 Å². The van der Waals surface area contributed by atoms with Crippen molar-refractivity contribution in [3.05, 3.63) is 84.3 Å². The van der Waals surface area contributed by atoms with Gasteiger partial charge in [-0.1, -0.05) is 78.6 Å². The van der Waals surface area contributed by atoms with E-state index in [1.54, 1.807) is 0 Å². The van der Waals surface area contributed by atoms with E-state index in [-0.39, 0.29) is 0 Å². The van der Waals surface area contributed by atoms with E-state index in [0.717, 1.165) is 18.4 Å². The Morgan fingerprint density at radius 2 is 1.70 bits per heavy atom. The molecule has 3 aromatic rings. The van der Waals surface area contributed by atoms with Crippen LogP contribution in [0.25, 0.3) is 10.9 Å². The summed E-state index contributed by atoms with van der Waals surface area (Å²) in [5.74, 6) is 0. The summed E-state index contributed by atoms with van der Waals surface area (Å²) in [5, 5.41) is 5.10. The van der Waals surface area contributed by atoms with Crippen LogP contribution >= 0.6 is 6.04 Å². The molecule has 1 atom stereocenters. The quantitative estimate of drug-likeness (QED) is 0.678. The second-order valence-electron chi connectivity index (χ2n) is 5.77. The van der Waals surface area contributed by atoms with Crippen LogP contribution in [-0.4, -0.2) is 4.98 Å². The van der Waals surface area contributed by atoms with Crippen LogP contribution < -0.4 is 10.6 Å². The maximum absolute atomic E-state index is 6.41. The van der Waals surface area contributed by atoms with E-state index in [2.05, 4.69) is 84.0 Å². The molecule has 4 rings (SSSR count). The molecule has 3 heteroatoms. The van der Waals surface area contributed by atoms with Crippen molar-refractivity contribution in [3.63, 3.8) is 0 Å². The topological polar surface area (TPSA) is 15.8 Å². The van der Waals surface area contributed by atoms with Crippen molar-refractivity contribution in [1.29, 1.82) is 0 Å². The van der Waals surface area contributed by atoms with Crippen molar-refractivity contribution in [3.8, 4) is 0 Å². The summed E-state index contributed by atoms with van der Waals surface area (Å²) in [4.78, 5) is 3.41. The molecule has 1 unspecified atom stereocenters. The third-order valence-corrected chi connectivity index (χ3v) is 9.35. The molecule has 0 amide bonds. The highest BCUT2D eigenvalue weighted by atomic mass is 32.4. The summed E-state index contributed by atoms with van der Waals surface area (Å²) in [5.41, 5.74) is 1.16. The number of rotatable bonds is 3. The van der Waals surface area contributed by atoms with Gasteiger partial charge in [-0.2, -0.15) is 0 Å². The average molecular weight is 335 g/mol. The standard InChI is InChI=1S/C20H18NPS/c23-22(16-9-3-1-4-10-16,17-11-5-2-6-12-17)20-15-21-19-14-8-7-13-18(19)20/h1,3-5,7-15,21H,2,6H2. The maximum Gasteiger partial charge on any atom is 0.0461 e. The molecule has 0 aliphatic heterocycles. The van der Waals surface area contributed by atoms with Crippen LogP contribution in [0.2, 0.25) is 0 Å². The number of nitrogens with one attached hydrogen (secondary N) is 1. The first-order chi connectivity index (χ1) is 11.3. The largest absolute Gasteiger partial charge is 0.360 e. The summed E-state index contributed by atoms with van der Waals surface area (Å²) in [6.07, 6.45) is 11.2. The summed E-state index contributed by atoms with van der Waals surface area (Å²) < 4.78 is 0. The molecule has 0 saturated heterocycles. The van der Waals surface area contributed by atoms with E-state index >= 15 is 0 Å². The number of allylic oxidation sites excluding steroid dienone is 4. The predicted octanol–water partition coefficient (Wildman–Crippen LogP) is 4.83. The third kappa shape index (κ3) is 2.43. The smallest absolute Gasteiger partial charge is 0.0461 e. The second-order valence-corrected chi connectivity index (χ2v) is 10.1. The lowest BCUT2D eigenvalue weighted by Crippen LogP contribution is -2.16. The molecule has 0 spiro atoms. The second kappa shape index (κ2) is 5.96. The molecule has 0 radical (unpaired) electrons. The molecular weight excluding hydrogens is 317 g/mol. The van der Waals surface area contributed by atoms with Crippen molar-refractivity contribution >= 4 is 39.4 Å². The molecule has 1 aliphatic rings. The molecule has 0 fully saturated rings. The van der Waals surface area contributed by atoms with E-state index in [4.69, 9.17) is 11.8 Å². The predicted molar refractivity (Wildman–Crippen MR) is 105 cm³/mol. The van der Waals surface area contributed by atoms with Crippen molar-refractivity contribution in [1.82, 2.24) is 4.98 Å². The molecule has 1 heterocycles. The number of aromatic nitrogens is 1. The van der Waals surface area contributed by atoms with Crippen molar-refractivity contribution in [2.24, 2.45) is 0 Å². The molecule has 114 valence electrons. The van der Waals surface area contributed by atoms with Gasteiger partial charge in [-0.25, -0.2) is 0 Å². The van der Waals surface area contributed by atoms with Gasteiger partial charge in [0.15, 0.2) is 0 Å². The fraction of sp³-hybridized carbons (Fsp3) is 0.100. The van der Waals surface area contributed by atoms with Crippen molar-refractivity contribution in [2.45, 2.75) is 12.8 Å². The minimum atomic E-state index is -2.02. The van der Waals surface area contributed by atoms with E-state index in [1.165, 1.54) is 21.3 Å². The van der Waals surface area contributed by atoms with Gasteiger partial charge in [-0.05, 0) is 29.5 Å². The Labute approximate surface area is 141 Å². The first-order valence-corrected chi connectivity index (χ1v) is 10.7. The summed E-state index contributed by atoms with van der Waals surface area (Å²) in [7, 11) is 0. The molecule has 0 bridgehead atoms. The fourth-order valence-corrected chi connectivity index (χ4v) is 7.37. The summed E-state index contributed by atoms with van der Waals surface area (Å²) in [6, 6.07) is 17.1. The van der Waals surface area contributed by atoms with E-state index in [0.29, 0.717) is 0 Å². The maximum atomic E-state index is 6.41. The van der Waals surface area contributed by atoms with Crippen LogP contribution in [0, 0.1) is 0 Å². The van der Waals surface area contributed by atoms with Crippen LogP contribution in [0.1, 0.15) is 12.8 Å². The van der Waals surface area contributed by atoms with Crippen LogP contribution in [0.4, 0.5) is 0 Å². The SMILES string of the molecule is S=P(C1=CCCC=C1)(c1ccccc1)c1c[nH]c2ccccc12. The van der Waals surface area contributed by atoms with Crippen molar-refractivity contribution in [2.75, 3.05) is 0 Å². The Morgan fingerprint density at radius 1 is 0.913 bits per heavy atom. The highest BCUT2D eigenvalue weighted by Crippen LogP contribution is 2.54. The van der Waals surface area contributed by atoms with Crippen LogP contribution in [0.5, 0.6) is 0 Å². The van der Waals surface area contributed by atoms with Gasteiger partial charge in [-0.15, -0.1) is 0 Å². The molecule has 1 nitrogen and oxygen atoms in total. The van der Waals surface area contributed by atoms with Gasteiger partial charge in [0, 0.05) is 28.4 Å². The van der Waals surface area contributed by atoms with Crippen molar-refractivity contribution < 1.29 is 0 Å². The highest BCUT2D eigenvalue weighted by molar-refractivity contribution is 8.24. The van der Waals surface area contributed by atoms with E-state index in [9.17, 15) is 0 Å². The molecule has 1 aromatic heterocycles. The van der Waals surface area contributed by atoms with Gasteiger partial charge in [-0.3, -0.25) is 0 Å². The minimum absolute atomic E-state index is 1.08. The Kier molecular flexibility index (Phi) is 3.80. The Hall–Kier alpha value is -1.89. The minimum Gasteiger partial charge on any atom is -0.360 e. The summed E-state index contributed by atoms with van der Waals surface area (Å²) in [6.45, 7) is 0. The van der Waals surface area contributed by atoms with Crippen LogP contribution in [0.15, 0.2) is 84.3 Å². The third-order valence-electron chi connectivity index (χ3n) is 4.37. The lowest BCUT2D eigenvalue weighted by atomic mass is 10.2. The normalized spacial score (nSPS) is 17.0. The zero-order chi connectivity index (χ0) is 15.7. The number of hydrogen-bond acceptors (Lipinski definition) is 1. The number of benzene rings is 2. The average Bonchev–Trinajstić information content (AvgIpc) is 3.07. The summed E-state index contributed by atoms with van der Waals surface area (Å²) >= 11 is 6.41. The Bertz CT molecular complexity index is 950. The fourth-order valence-electron chi connectivity index (χ4n) is 3.21. The molecule has 2 aromatic carbocycles. The molecule has 0 saturated carbocycles. The van der Waals surface area contributed by atoms with Crippen LogP contribution in [0.3, 0.4) is 0 Å². The first-order valence-electron chi connectivity index (χ1n) is 7.90. The molecular formula is C20H18NPS. The van der Waals surface area contributed by atoms with Gasteiger partial charge in [0.1, 0.15) is 0 Å². The van der Waals surface area contributed by atoms with Gasteiger partial charge in [0.05, 0.1) is 0 Å². The lowest BCUT2D eigenvalue weighted by Gasteiger charge is -2.25. The van der Waals surface area contributed by atoms with Gasteiger partial charge in [0.25, 0.3) is 0 Å². The Morgan fingerprint density at radius 3 is 2.48 bits per heavy atom. The number of fused-ring (bicyclic) bond motifs is 1. The molecule has 1 N–H and O–H groups in total. The van der Waals surface area contributed by atoms with Gasteiger partial charge >= 0.3 is 0 Å². The number of para-hydroxylation sites is 1. The van der Waals surface area contributed by atoms with Crippen LogP contribution in [-0.2, 0) is 11.8 Å². The monoisotopic (exact) mass is 335 g/mol. The molecule has 23 heavy (non-hydrogen) atoms. The molecule has 1 aliphatic carbocycles. The Balaban J connectivity index is 2.02. The number of aromatic amines is 1. The van der Waals surface area contributed by atoms with Gasteiger partial charge in [0.2, 0.25) is 0 Å². The first kappa shape index (κ1) is 14.7. The highest BCUT2D eigenvalue weighted by Gasteiger charge is 2.28. The number of H-pyrrole nitrogens is 1. The zero-order valence-electron chi connectivity index (χ0n) is 12.8. The lowest BCUT2D eigenvalue weighted by molar-refractivity contribution is 1.03. The van der Waals surface area contributed by atoms with Gasteiger partial charge < -0.3 is 4.98 Å². The number of hydrogen-bond donors (Lipinski definition) is 1.